The topological polar surface area (TPSA) is 29.9 Å². The number of nitrogens with one attached hydrogen (secondary N) is 1. The summed E-state index contributed by atoms with van der Waals surface area (Å²) in [6.45, 7) is 6.56. The monoisotopic (exact) mass is 343 g/mol. The smallest absolute Gasteiger partial charge is 0.150 e. The molecule has 0 radical (unpaired) electrons. The first-order chi connectivity index (χ1) is 9.27. The van der Waals surface area contributed by atoms with Crippen molar-refractivity contribution >= 4 is 21.6 Å². The lowest BCUT2D eigenvalue weighted by Crippen LogP contribution is -2.22. The van der Waals surface area contributed by atoms with Crippen molar-refractivity contribution < 1.29 is 8.78 Å². The Labute approximate surface area is 125 Å². The van der Waals surface area contributed by atoms with Crippen LogP contribution in [0.4, 0.5) is 14.5 Å². The molecule has 0 aliphatic heterocycles. The zero-order chi connectivity index (χ0) is 14.9. The van der Waals surface area contributed by atoms with E-state index < -0.39 is 11.6 Å². The second kappa shape index (κ2) is 5.52. The summed E-state index contributed by atoms with van der Waals surface area (Å²) in [5.74, 6) is -1.24. The van der Waals surface area contributed by atoms with Gasteiger partial charge in [0.25, 0.3) is 0 Å². The van der Waals surface area contributed by atoms with E-state index in [1.54, 1.807) is 6.20 Å². The van der Waals surface area contributed by atoms with Crippen LogP contribution in [0, 0.1) is 11.6 Å². The molecule has 1 N–H and O–H groups in total. The first kappa shape index (κ1) is 15.0. The number of halogens is 3. The molecule has 3 nitrogen and oxygen atoms in total. The Morgan fingerprint density at radius 3 is 2.55 bits per heavy atom. The van der Waals surface area contributed by atoms with Crippen LogP contribution in [0.5, 0.6) is 0 Å². The zero-order valence-electron chi connectivity index (χ0n) is 11.5. The van der Waals surface area contributed by atoms with Crippen molar-refractivity contribution in [3.05, 3.63) is 46.2 Å². The summed E-state index contributed by atoms with van der Waals surface area (Å²) < 4.78 is 28.9. The van der Waals surface area contributed by atoms with Gasteiger partial charge in [0.1, 0.15) is 11.6 Å². The molecule has 0 atom stereocenters. The SMILES string of the molecule is CC(C)(C)n1cc(CNc2c(F)cc(F)cc2Br)cn1. The minimum absolute atomic E-state index is 0.0973. The second-order valence-corrected chi connectivity index (χ2v) is 6.42. The predicted molar refractivity (Wildman–Crippen MR) is 78.6 cm³/mol. The van der Waals surface area contributed by atoms with Crippen LogP contribution < -0.4 is 5.32 Å². The van der Waals surface area contributed by atoms with Crippen LogP contribution in [0.2, 0.25) is 0 Å². The van der Waals surface area contributed by atoms with Crippen LogP contribution in [-0.4, -0.2) is 9.78 Å². The van der Waals surface area contributed by atoms with E-state index in [0.29, 0.717) is 11.0 Å². The lowest BCUT2D eigenvalue weighted by molar-refractivity contribution is 0.355. The molecule has 0 unspecified atom stereocenters. The van der Waals surface area contributed by atoms with Gasteiger partial charge in [-0.15, -0.1) is 0 Å². The number of anilines is 1. The Hall–Kier alpha value is -1.43. The third kappa shape index (κ3) is 3.36. The summed E-state index contributed by atoms with van der Waals surface area (Å²) >= 11 is 3.15. The van der Waals surface area contributed by atoms with Gasteiger partial charge in [-0.05, 0) is 42.8 Å². The maximum atomic E-state index is 13.7. The van der Waals surface area contributed by atoms with Gasteiger partial charge in [-0.3, -0.25) is 4.68 Å². The van der Waals surface area contributed by atoms with Gasteiger partial charge >= 0.3 is 0 Å². The summed E-state index contributed by atoms with van der Waals surface area (Å²) in [6.07, 6.45) is 3.63. The molecule has 2 rings (SSSR count). The van der Waals surface area contributed by atoms with E-state index in [4.69, 9.17) is 0 Å². The van der Waals surface area contributed by atoms with E-state index in [1.165, 1.54) is 6.07 Å². The van der Waals surface area contributed by atoms with Crippen LogP contribution in [0.3, 0.4) is 0 Å². The number of hydrogen-bond acceptors (Lipinski definition) is 2. The van der Waals surface area contributed by atoms with E-state index in [1.807, 2.05) is 31.6 Å². The fourth-order valence-electron chi connectivity index (χ4n) is 1.72. The van der Waals surface area contributed by atoms with E-state index in [9.17, 15) is 8.78 Å². The fraction of sp³-hybridized carbons (Fsp3) is 0.357. The molecule has 2 aromatic rings. The normalized spacial score (nSPS) is 11.7. The van der Waals surface area contributed by atoms with Crippen molar-refractivity contribution in [3.8, 4) is 0 Å². The molecule has 0 amide bonds. The van der Waals surface area contributed by atoms with Gasteiger partial charge in [-0.1, -0.05) is 0 Å². The van der Waals surface area contributed by atoms with Gasteiger partial charge in [-0.2, -0.15) is 5.10 Å². The van der Waals surface area contributed by atoms with Gasteiger partial charge in [0.15, 0.2) is 0 Å². The van der Waals surface area contributed by atoms with Gasteiger partial charge in [0.05, 0.1) is 17.4 Å². The molecule has 1 heterocycles. The maximum Gasteiger partial charge on any atom is 0.150 e. The highest BCUT2D eigenvalue weighted by atomic mass is 79.9. The lowest BCUT2D eigenvalue weighted by Gasteiger charge is -2.18. The van der Waals surface area contributed by atoms with Crippen LogP contribution in [-0.2, 0) is 12.1 Å². The van der Waals surface area contributed by atoms with Gasteiger partial charge in [0.2, 0.25) is 0 Å². The molecule has 0 aliphatic rings. The van der Waals surface area contributed by atoms with Crippen LogP contribution >= 0.6 is 15.9 Å². The molecular weight excluding hydrogens is 328 g/mol. The predicted octanol–water partition coefficient (Wildman–Crippen LogP) is 4.29. The van der Waals surface area contributed by atoms with Gasteiger partial charge in [-0.25, -0.2) is 8.78 Å². The molecule has 6 heteroatoms. The quantitative estimate of drug-likeness (QED) is 0.900. The summed E-state index contributed by atoms with van der Waals surface area (Å²) in [7, 11) is 0. The Morgan fingerprint density at radius 2 is 2.00 bits per heavy atom. The molecule has 20 heavy (non-hydrogen) atoms. The van der Waals surface area contributed by atoms with Crippen molar-refractivity contribution in [1.29, 1.82) is 0 Å². The van der Waals surface area contributed by atoms with Gasteiger partial charge < -0.3 is 5.32 Å². The first-order valence-corrected chi connectivity index (χ1v) is 6.99. The molecule has 108 valence electrons. The average Bonchev–Trinajstić information content (AvgIpc) is 2.75. The van der Waals surface area contributed by atoms with Crippen molar-refractivity contribution in [2.45, 2.75) is 32.9 Å². The fourth-order valence-corrected chi connectivity index (χ4v) is 2.27. The molecule has 0 saturated carbocycles. The Morgan fingerprint density at radius 1 is 1.30 bits per heavy atom. The number of aromatic nitrogens is 2. The lowest BCUT2D eigenvalue weighted by atomic mass is 10.1. The molecular formula is C14H16BrF2N3. The Kier molecular flexibility index (Phi) is 4.13. The van der Waals surface area contributed by atoms with Crippen LogP contribution in [0.25, 0.3) is 0 Å². The van der Waals surface area contributed by atoms with Crippen molar-refractivity contribution in [2.24, 2.45) is 0 Å². The number of nitrogens with zero attached hydrogens (tertiary/aromatic N) is 2. The minimum atomic E-state index is -0.625. The zero-order valence-corrected chi connectivity index (χ0v) is 13.1. The summed E-state index contributed by atoms with van der Waals surface area (Å²) in [5, 5.41) is 7.22. The Balaban J connectivity index is 2.12. The maximum absolute atomic E-state index is 13.7. The van der Waals surface area contributed by atoms with E-state index >= 15 is 0 Å². The molecule has 0 bridgehead atoms. The average molecular weight is 344 g/mol. The highest BCUT2D eigenvalue weighted by molar-refractivity contribution is 9.10. The highest BCUT2D eigenvalue weighted by Crippen LogP contribution is 2.27. The minimum Gasteiger partial charge on any atom is -0.378 e. The standard InChI is InChI=1S/C14H16BrF2N3/c1-14(2,3)20-8-9(7-19-20)6-18-13-11(15)4-10(16)5-12(13)17/h4-5,7-8,18H,6H2,1-3H3. The number of benzene rings is 1. The van der Waals surface area contributed by atoms with E-state index in [-0.39, 0.29) is 11.2 Å². The first-order valence-electron chi connectivity index (χ1n) is 6.20. The van der Waals surface area contributed by atoms with Crippen LogP contribution in [0.15, 0.2) is 29.0 Å². The summed E-state index contributed by atoms with van der Waals surface area (Å²) in [6, 6.07) is 2.08. The largest absolute Gasteiger partial charge is 0.378 e. The third-order valence-electron chi connectivity index (χ3n) is 2.80. The summed E-state index contributed by atoms with van der Waals surface area (Å²) in [5.41, 5.74) is 1.07. The van der Waals surface area contributed by atoms with E-state index in [2.05, 4.69) is 26.3 Å². The molecule has 0 fully saturated rings. The second-order valence-electron chi connectivity index (χ2n) is 5.56. The highest BCUT2D eigenvalue weighted by Gasteiger charge is 2.14. The molecule has 1 aromatic heterocycles. The summed E-state index contributed by atoms with van der Waals surface area (Å²) in [4.78, 5) is 0. The van der Waals surface area contributed by atoms with Crippen molar-refractivity contribution in [3.63, 3.8) is 0 Å². The van der Waals surface area contributed by atoms with Gasteiger partial charge in [0, 0.05) is 28.8 Å². The van der Waals surface area contributed by atoms with Crippen molar-refractivity contribution in [2.75, 3.05) is 5.32 Å². The van der Waals surface area contributed by atoms with Crippen molar-refractivity contribution in [1.82, 2.24) is 9.78 Å². The molecule has 1 aromatic carbocycles. The van der Waals surface area contributed by atoms with E-state index in [0.717, 1.165) is 11.6 Å². The molecule has 0 saturated heterocycles. The molecule has 0 aliphatic carbocycles. The number of hydrogen-bond donors (Lipinski definition) is 1. The Bertz CT molecular complexity index is 594. The third-order valence-corrected chi connectivity index (χ3v) is 3.42. The van der Waals surface area contributed by atoms with Crippen LogP contribution in [0.1, 0.15) is 26.3 Å². The molecule has 0 spiro atoms. The number of rotatable bonds is 3.